The predicted octanol–water partition coefficient (Wildman–Crippen LogP) is 1.23. The third-order valence-electron chi connectivity index (χ3n) is 2.90. The van der Waals surface area contributed by atoms with E-state index in [9.17, 15) is 8.42 Å². The Labute approximate surface area is 125 Å². The first-order valence-electron chi connectivity index (χ1n) is 6.54. The van der Waals surface area contributed by atoms with Crippen molar-refractivity contribution in [2.75, 3.05) is 40.5 Å². The van der Waals surface area contributed by atoms with Gasteiger partial charge < -0.3 is 9.47 Å². The lowest BCUT2D eigenvalue weighted by Gasteiger charge is -2.21. The van der Waals surface area contributed by atoms with Crippen LogP contribution in [0.4, 0.5) is 0 Å². The lowest BCUT2D eigenvalue weighted by Crippen LogP contribution is -2.35. The fourth-order valence-corrected chi connectivity index (χ4v) is 3.31. The SMILES string of the molecule is COCCCN(CCOC)S(=O)(=O)c1cccc(C#N)c1. The number of hydrogen-bond donors (Lipinski definition) is 0. The maximum atomic E-state index is 12.6. The number of methoxy groups -OCH3 is 2. The van der Waals surface area contributed by atoms with Gasteiger partial charge in [0.05, 0.1) is 23.1 Å². The van der Waals surface area contributed by atoms with Gasteiger partial charge in [0.25, 0.3) is 0 Å². The average Bonchev–Trinajstić information content (AvgIpc) is 2.50. The summed E-state index contributed by atoms with van der Waals surface area (Å²) < 4.78 is 36.5. The van der Waals surface area contributed by atoms with Gasteiger partial charge in [-0.2, -0.15) is 9.57 Å². The summed E-state index contributed by atoms with van der Waals surface area (Å²) in [5, 5.41) is 8.89. The Bertz CT molecular complexity index is 581. The summed E-state index contributed by atoms with van der Waals surface area (Å²) in [7, 11) is -0.542. The van der Waals surface area contributed by atoms with E-state index >= 15 is 0 Å². The van der Waals surface area contributed by atoms with Gasteiger partial charge in [-0.25, -0.2) is 8.42 Å². The van der Waals surface area contributed by atoms with Crippen molar-refractivity contribution in [1.82, 2.24) is 4.31 Å². The number of rotatable bonds is 9. The topological polar surface area (TPSA) is 79.6 Å². The molecule has 0 atom stereocenters. The quantitative estimate of drug-likeness (QED) is 0.641. The summed E-state index contributed by atoms with van der Waals surface area (Å²) in [6.45, 7) is 1.40. The van der Waals surface area contributed by atoms with E-state index < -0.39 is 10.0 Å². The van der Waals surface area contributed by atoms with Crippen LogP contribution in [-0.2, 0) is 19.5 Å². The van der Waals surface area contributed by atoms with Crippen LogP contribution in [0.2, 0.25) is 0 Å². The number of nitrogens with zero attached hydrogens (tertiary/aromatic N) is 2. The van der Waals surface area contributed by atoms with E-state index in [1.165, 1.54) is 23.5 Å². The molecule has 0 saturated carbocycles. The Kier molecular flexibility index (Phi) is 7.32. The van der Waals surface area contributed by atoms with E-state index in [4.69, 9.17) is 14.7 Å². The third kappa shape index (κ3) is 5.10. The molecule has 116 valence electrons. The minimum absolute atomic E-state index is 0.120. The van der Waals surface area contributed by atoms with Crippen LogP contribution in [0.3, 0.4) is 0 Å². The summed E-state index contributed by atoms with van der Waals surface area (Å²) in [6, 6.07) is 7.96. The van der Waals surface area contributed by atoms with Gasteiger partial charge in [0.15, 0.2) is 0 Å². The Morgan fingerprint density at radius 3 is 2.52 bits per heavy atom. The zero-order valence-electron chi connectivity index (χ0n) is 12.3. The molecule has 0 spiro atoms. The first-order valence-corrected chi connectivity index (χ1v) is 7.98. The van der Waals surface area contributed by atoms with Gasteiger partial charge in [-0.1, -0.05) is 6.07 Å². The average molecular weight is 312 g/mol. The molecular formula is C14H20N2O4S. The van der Waals surface area contributed by atoms with Crippen LogP contribution in [0.5, 0.6) is 0 Å². The first kappa shape index (κ1) is 17.6. The standard InChI is InChI=1S/C14H20N2O4S/c1-19-9-4-7-16(8-10-20-2)21(17,18)14-6-3-5-13(11-14)12-15/h3,5-6,11H,4,7-10H2,1-2H3. The van der Waals surface area contributed by atoms with Crippen molar-refractivity contribution in [1.29, 1.82) is 5.26 Å². The monoisotopic (exact) mass is 312 g/mol. The Hall–Kier alpha value is -1.46. The van der Waals surface area contributed by atoms with Crippen LogP contribution >= 0.6 is 0 Å². The lowest BCUT2D eigenvalue weighted by molar-refractivity contribution is 0.164. The van der Waals surface area contributed by atoms with E-state index in [0.717, 1.165) is 0 Å². The van der Waals surface area contributed by atoms with Crippen LogP contribution < -0.4 is 0 Å². The van der Waals surface area contributed by atoms with Gasteiger partial charge in [0.1, 0.15) is 0 Å². The highest BCUT2D eigenvalue weighted by Crippen LogP contribution is 2.17. The molecule has 7 heteroatoms. The highest BCUT2D eigenvalue weighted by atomic mass is 32.2. The summed E-state index contributed by atoms with van der Waals surface area (Å²) in [6.07, 6.45) is 0.595. The van der Waals surface area contributed by atoms with Crippen LogP contribution in [0.25, 0.3) is 0 Å². The lowest BCUT2D eigenvalue weighted by atomic mass is 10.2. The van der Waals surface area contributed by atoms with Crippen molar-refractivity contribution in [2.45, 2.75) is 11.3 Å². The minimum Gasteiger partial charge on any atom is -0.385 e. The van der Waals surface area contributed by atoms with Crippen molar-refractivity contribution in [3.05, 3.63) is 29.8 Å². The first-order chi connectivity index (χ1) is 10.1. The fraction of sp³-hybridized carbons (Fsp3) is 0.500. The van der Waals surface area contributed by atoms with Gasteiger partial charge in [-0.05, 0) is 24.6 Å². The number of benzene rings is 1. The molecule has 0 fully saturated rings. The van der Waals surface area contributed by atoms with Gasteiger partial charge in [0, 0.05) is 33.9 Å². The summed E-state index contributed by atoms with van der Waals surface area (Å²) in [5.74, 6) is 0. The molecule has 0 aliphatic rings. The van der Waals surface area contributed by atoms with Crippen LogP contribution in [-0.4, -0.2) is 53.2 Å². The number of ether oxygens (including phenoxy) is 2. The highest BCUT2D eigenvalue weighted by molar-refractivity contribution is 7.89. The molecule has 0 aromatic heterocycles. The number of nitriles is 1. The molecule has 1 rings (SSSR count). The summed E-state index contributed by atoms with van der Waals surface area (Å²) in [4.78, 5) is 0.120. The zero-order valence-corrected chi connectivity index (χ0v) is 13.1. The third-order valence-corrected chi connectivity index (χ3v) is 4.80. The second kappa shape index (κ2) is 8.74. The maximum absolute atomic E-state index is 12.6. The molecular weight excluding hydrogens is 292 g/mol. The maximum Gasteiger partial charge on any atom is 0.243 e. The largest absolute Gasteiger partial charge is 0.385 e. The Balaban J connectivity index is 2.98. The van der Waals surface area contributed by atoms with Gasteiger partial charge in [-0.3, -0.25) is 0 Å². The molecule has 0 aliphatic heterocycles. The predicted molar refractivity (Wildman–Crippen MR) is 78.3 cm³/mol. The molecule has 0 N–H and O–H groups in total. The van der Waals surface area contributed by atoms with Gasteiger partial charge in [-0.15, -0.1) is 0 Å². The molecule has 0 bridgehead atoms. The number of sulfonamides is 1. The molecule has 0 aliphatic carbocycles. The van der Waals surface area contributed by atoms with E-state index in [1.807, 2.05) is 6.07 Å². The molecule has 0 amide bonds. The smallest absolute Gasteiger partial charge is 0.243 e. The second-order valence-electron chi connectivity index (χ2n) is 4.38. The Morgan fingerprint density at radius 2 is 1.90 bits per heavy atom. The molecule has 1 aromatic rings. The second-order valence-corrected chi connectivity index (χ2v) is 6.32. The number of hydrogen-bond acceptors (Lipinski definition) is 5. The van der Waals surface area contributed by atoms with E-state index in [1.54, 1.807) is 19.2 Å². The van der Waals surface area contributed by atoms with Crippen LogP contribution in [0.15, 0.2) is 29.2 Å². The van der Waals surface area contributed by atoms with Crippen molar-refractivity contribution < 1.29 is 17.9 Å². The van der Waals surface area contributed by atoms with Crippen molar-refractivity contribution in [2.24, 2.45) is 0 Å². The Morgan fingerprint density at radius 1 is 1.19 bits per heavy atom. The van der Waals surface area contributed by atoms with E-state index in [0.29, 0.717) is 31.7 Å². The fourth-order valence-electron chi connectivity index (χ4n) is 1.81. The molecule has 0 unspecified atom stereocenters. The normalized spacial score (nSPS) is 11.5. The molecule has 21 heavy (non-hydrogen) atoms. The van der Waals surface area contributed by atoms with Crippen molar-refractivity contribution in [3.8, 4) is 6.07 Å². The molecule has 0 radical (unpaired) electrons. The molecule has 6 nitrogen and oxygen atoms in total. The van der Waals surface area contributed by atoms with Gasteiger partial charge >= 0.3 is 0 Å². The van der Waals surface area contributed by atoms with E-state index in [2.05, 4.69) is 0 Å². The molecule has 0 heterocycles. The molecule has 0 saturated heterocycles. The van der Waals surface area contributed by atoms with E-state index in [-0.39, 0.29) is 11.4 Å². The van der Waals surface area contributed by atoms with Crippen molar-refractivity contribution >= 4 is 10.0 Å². The molecule has 1 aromatic carbocycles. The van der Waals surface area contributed by atoms with Crippen molar-refractivity contribution in [3.63, 3.8) is 0 Å². The van der Waals surface area contributed by atoms with Crippen LogP contribution in [0.1, 0.15) is 12.0 Å². The summed E-state index contributed by atoms with van der Waals surface area (Å²) >= 11 is 0. The summed E-state index contributed by atoms with van der Waals surface area (Å²) in [5.41, 5.74) is 0.319. The van der Waals surface area contributed by atoms with Crippen LogP contribution in [0, 0.1) is 11.3 Å². The minimum atomic E-state index is -3.64. The highest BCUT2D eigenvalue weighted by Gasteiger charge is 2.24. The zero-order chi connectivity index (χ0) is 15.7. The van der Waals surface area contributed by atoms with Gasteiger partial charge in [0.2, 0.25) is 10.0 Å².